The van der Waals surface area contributed by atoms with E-state index in [4.69, 9.17) is 0 Å². The molecule has 4 heteroatoms. The summed E-state index contributed by atoms with van der Waals surface area (Å²) in [5.41, 5.74) is 0.352. The summed E-state index contributed by atoms with van der Waals surface area (Å²) in [5, 5.41) is 3.58. The largest absolute Gasteiger partial charge is 0.310 e. The van der Waals surface area contributed by atoms with Crippen LogP contribution in [0.5, 0.6) is 0 Å². The quantitative estimate of drug-likeness (QED) is 0.756. The fraction of sp³-hybridized carbons (Fsp3) is 1.00. The Morgan fingerprint density at radius 2 is 1.71 bits per heavy atom. The van der Waals surface area contributed by atoms with Crippen LogP contribution in [0.1, 0.15) is 33.1 Å². The third kappa shape index (κ3) is 2.75. The van der Waals surface area contributed by atoms with Gasteiger partial charge in [-0.25, -0.2) is 0 Å². The van der Waals surface area contributed by atoms with Gasteiger partial charge >= 0.3 is 0 Å². The zero-order valence-electron chi connectivity index (χ0n) is 9.08. The Balaban J connectivity index is 0.000000845. The topological polar surface area (TPSA) is 15.3 Å². The highest BCUT2D eigenvalue weighted by molar-refractivity contribution is 5.85. The molecular formula is C10H22Cl2N2. The molecule has 2 aliphatic rings. The van der Waals surface area contributed by atoms with Gasteiger partial charge in [-0.2, -0.15) is 0 Å². The number of nitrogens with one attached hydrogen (secondary N) is 1. The van der Waals surface area contributed by atoms with Crippen molar-refractivity contribution >= 4 is 24.8 Å². The molecule has 0 saturated carbocycles. The van der Waals surface area contributed by atoms with Crippen molar-refractivity contribution in [2.75, 3.05) is 19.6 Å². The molecule has 14 heavy (non-hydrogen) atoms. The second-order valence-electron chi connectivity index (χ2n) is 4.70. The van der Waals surface area contributed by atoms with Gasteiger partial charge in [-0.1, -0.05) is 0 Å². The van der Waals surface area contributed by atoms with Gasteiger partial charge in [-0.05, 0) is 52.7 Å². The highest BCUT2D eigenvalue weighted by Crippen LogP contribution is 2.27. The van der Waals surface area contributed by atoms with Crippen LogP contribution >= 0.6 is 24.8 Å². The van der Waals surface area contributed by atoms with Crippen LogP contribution in [0.15, 0.2) is 0 Å². The van der Waals surface area contributed by atoms with Gasteiger partial charge in [0.25, 0.3) is 0 Å². The number of likely N-dealkylation sites (tertiary alicyclic amines) is 1. The van der Waals surface area contributed by atoms with Gasteiger partial charge in [0.15, 0.2) is 0 Å². The summed E-state index contributed by atoms with van der Waals surface area (Å²) in [4.78, 5) is 2.67. The van der Waals surface area contributed by atoms with E-state index in [0.717, 1.165) is 6.04 Å². The Morgan fingerprint density at radius 1 is 1.14 bits per heavy atom. The first-order chi connectivity index (χ1) is 5.70. The first kappa shape index (κ1) is 14.5. The van der Waals surface area contributed by atoms with Crippen molar-refractivity contribution in [3.8, 4) is 0 Å². The minimum atomic E-state index is 0. The van der Waals surface area contributed by atoms with Crippen LogP contribution < -0.4 is 5.32 Å². The van der Waals surface area contributed by atoms with E-state index >= 15 is 0 Å². The molecule has 0 aromatic carbocycles. The summed E-state index contributed by atoms with van der Waals surface area (Å²) in [6.45, 7) is 8.53. The lowest BCUT2D eigenvalue weighted by Gasteiger charge is -2.34. The maximum absolute atomic E-state index is 3.58. The van der Waals surface area contributed by atoms with Gasteiger partial charge in [0.1, 0.15) is 0 Å². The first-order valence-electron chi connectivity index (χ1n) is 5.19. The molecule has 86 valence electrons. The first-order valence-corrected chi connectivity index (χ1v) is 5.19. The predicted molar refractivity (Wildman–Crippen MR) is 65.8 cm³/mol. The SMILES string of the molecule is CC1(C)NCCC1N1CCCC1.Cl.Cl. The molecule has 0 radical (unpaired) electrons. The molecule has 0 aromatic heterocycles. The molecule has 0 aliphatic carbocycles. The molecule has 0 bridgehead atoms. The van der Waals surface area contributed by atoms with Crippen molar-refractivity contribution in [3.05, 3.63) is 0 Å². The van der Waals surface area contributed by atoms with E-state index in [9.17, 15) is 0 Å². The van der Waals surface area contributed by atoms with Crippen LogP contribution in [-0.4, -0.2) is 36.1 Å². The summed E-state index contributed by atoms with van der Waals surface area (Å²) >= 11 is 0. The molecule has 2 saturated heterocycles. The Labute approximate surface area is 99.6 Å². The highest BCUT2D eigenvalue weighted by atomic mass is 35.5. The molecule has 2 aliphatic heterocycles. The smallest absolute Gasteiger partial charge is 0.0284 e. The van der Waals surface area contributed by atoms with Crippen molar-refractivity contribution in [2.24, 2.45) is 0 Å². The van der Waals surface area contributed by atoms with Crippen LogP contribution in [-0.2, 0) is 0 Å². The van der Waals surface area contributed by atoms with Crippen LogP contribution in [0, 0.1) is 0 Å². The highest BCUT2D eigenvalue weighted by Gasteiger charge is 2.38. The van der Waals surface area contributed by atoms with Crippen molar-refractivity contribution in [1.29, 1.82) is 0 Å². The van der Waals surface area contributed by atoms with E-state index in [-0.39, 0.29) is 24.8 Å². The maximum atomic E-state index is 3.58. The summed E-state index contributed by atoms with van der Waals surface area (Å²) < 4.78 is 0. The minimum absolute atomic E-state index is 0. The third-order valence-corrected chi connectivity index (χ3v) is 3.41. The predicted octanol–water partition coefficient (Wildman–Crippen LogP) is 2.07. The molecule has 1 unspecified atom stereocenters. The second kappa shape index (κ2) is 5.55. The summed E-state index contributed by atoms with van der Waals surface area (Å²) in [5.74, 6) is 0. The standard InChI is InChI=1S/C10H20N2.2ClH/c1-10(2)9(5-6-11-10)12-7-3-4-8-12;;/h9,11H,3-8H2,1-2H3;2*1H. The molecule has 2 fully saturated rings. The number of hydrogen-bond acceptors (Lipinski definition) is 2. The number of rotatable bonds is 1. The molecule has 2 nitrogen and oxygen atoms in total. The Kier molecular flexibility index (Phi) is 5.75. The van der Waals surface area contributed by atoms with Crippen LogP contribution in [0.25, 0.3) is 0 Å². The average molecular weight is 241 g/mol. The van der Waals surface area contributed by atoms with Gasteiger partial charge in [0.2, 0.25) is 0 Å². The number of halogens is 2. The zero-order chi connectivity index (χ0) is 8.60. The second-order valence-corrected chi connectivity index (χ2v) is 4.70. The summed E-state index contributed by atoms with van der Waals surface area (Å²) in [6.07, 6.45) is 4.16. The number of hydrogen-bond donors (Lipinski definition) is 1. The lowest BCUT2D eigenvalue weighted by Crippen LogP contribution is -2.49. The maximum Gasteiger partial charge on any atom is 0.0284 e. The van der Waals surface area contributed by atoms with Gasteiger partial charge in [0, 0.05) is 11.6 Å². The Morgan fingerprint density at radius 3 is 2.14 bits per heavy atom. The van der Waals surface area contributed by atoms with Gasteiger partial charge < -0.3 is 5.32 Å². The van der Waals surface area contributed by atoms with Crippen molar-refractivity contribution in [2.45, 2.75) is 44.7 Å². The van der Waals surface area contributed by atoms with Gasteiger partial charge in [-0.3, -0.25) is 4.90 Å². The molecule has 1 atom stereocenters. The van der Waals surface area contributed by atoms with Gasteiger partial charge in [0.05, 0.1) is 0 Å². The molecule has 0 spiro atoms. The van der Waals surface area contributed by atoms with E-state index in [1.54, 1.807) is 0 Å². The van der Waals surface area contributed by atoms with Crippen LogP contribution in [0.3, 0.4) is 0 Å². The van der Waals surface area contributed by atoms with Crippen molar-refractivity contribution in [1.82, 2.24) is 10.2 Å². The van der Waals surface area contributed by atoms with E-state index < -0.39 is 0 Å². The average Bonchev–Trinajstić information content (AvgIpc) is 2.55. The monoisotopic (exact) mass is 240 g/mol. The fourth-order valence-electron chi connectivity index (χ4n) is 2.70. The zero-order valence-corrected chi connectivity index (χ0v) is 10.7. The molecule has 0 aromatic rings. The lowest BCUT2D eigenvalue weighted by atomic mass is 9.96. The lowest BCUT2D eigenvalue weighted by molar-refractivity contribution is 0.180. The van der Waals surface area contributed by atoms with Crippen molar-refractivity contribution in [3.63, 3.8) is 0 Å². The van der Waals surface area contributed by atoms with E-state index in [1.807, 2.05) is 0 Å². The molecule has 1 N–H and O–H groups in total. The van der Waals surface area contributed by atoms with E-state index in [2.05, 4.69) is 24.1 Å². The molecule has 2 rings (SSSR count). The summed E-state index contributed by atoms with van der Waals surface area (Å²) in [6, 6.07) is 0.792. The third-order valence-electron chi connectivity index (χ3n) is 3.41. The molecule has 0 amide bonds. The van der Waals surface area contributed by atoms with Gasteiger partial charge in [-0.15, -0.1) is 24.8 Å². The Hall–Kier alpha value is 0.500. The van der Waals surface area contributed by atoms with E-state index in [1.165, 1.54) is 38.9 Å². The van der Waals surface area contributed by atoms with E-state index in [0.29, 0.717) is 5.54 Å². The molecule has 2 heterocycles. The fourth-order valence-corrected chi connectivity index (χ4v) is 2.70. The Bertz CT molecular complexity index is 168. The number of nitrogens with zero attached hydrogens (tertiary/aromatic N) is 1. The normalized spacial score (nSPS) is 30.9. The van der Waals surface area contributed by atoms with Crippen LogP contribution in [0.4, 0.5) is 0 Å². The minimum Gasteiger partial charge on any atom is -0.310 e. The molecular weight excluding hydrogens is 219 g/mol. The van der Waals surface area contributed by atoms with Crippen molar-refractivity contribution < 1.29 is 0 Å². The van der Waals surface area contributed by atoms with Crippen LogP contribution in [0.2, 0.25) is 0 Å². The summed E-state index contributed by atoms with van der Waals surface area (Å²) in [7, 11) is 0.